The van der Waals surface area contributed by atoms with Gasteiger partial charge in [-0.1, -0.05) is 0 Å². The molecule has 2 aromatic rings. The molecule has 0 saturated heterocycles. The molecule has 0 aliphatic rings. The highest BCUT2D eigenvalue weighted by Gasteiger charge is 2.09. The van der Waals surface area contributed by atoms with E-state index in [1.165, 1.54) is 0 Å². The SMILES string of the molecule is CCNc1nccnc1-c1cncc(OC(C)C)c1. The Hall–Kier alpha value is -2.17. The van der Waals surface area contributed by atoms with Crippen LogP contribution in [-0.2, 0) is 0 Å². The Morgan fingerprint density at radius 1 is 1.21 bits per heavy atom. The molecule has 5 heteroatoms. The number of hydrogen-bond donors (Lipinski definition) is 1. The fraction of sp³-hybridized carbons (Fsp3) is 0.357. The summed E-state index contributed by atoms with van der Waals surface area (Å²) in [6.07, 6.45) is 6.92. The predicted molar refractivity (Wildman–Crippen MR) is 75.2 cm³/mol. The number of aromatic nitrogens is 3. The van der Waals surface area contributed by atoms with E-state index in [1.807, 2.05) is 26.8 Å². The third-order valence-corrected chi connectivity index (χ3v) is 2.40. The van der Waals surface area contributed by atoms with Crippen molar-refractivity contribution in [2.24, 2.45) is 0 Å². The van der Waals surface area contributed by atoms with Gasteiger partial charge >= 0.3 is 0 Å². The van der Waals surface area contributed by atoms with Gasteiger partial charge in [-0.05, 0) is 26.8 Å². The Morgan fingerprint density at radius 3 is 2.74 bits per heavy atom. The van der Waals surface area contributed by atoms with E-state index < -0.39 is 0 Å². The van der Waals surface area contributed by atoms with E-state index >= 15 is 0 Å². The number of anilines is 1. The van der Waals surface area contributed by atoms with E-state index in [1.54, 1.807) is 24.8 Å². The molecule has 0 aromatic carbocycles. The lowest BCUT2D eigenvalue weighted by Crippen LogP contribution is -2.06. The Bertz CT molecular complexity index is 542. The molecule has 0 unspecified atom stereocenters. The molecule has 0 bridgehead atoms. The van der Waals surface area contributed by atoms with Crippen molar-refractivity contribution in [1.82, 2.24) is 15.0 Å². The minimum absolute atomic E-state index is 0.118. The summed E-state index contributed by atoms with van der Waals surface area (Å²) in [6.45, 7) is 6.79. The van der Waals surface area contributed by atoms with Crippen molar-refractivity contribution in [3.8, 4) is 17.0 Å². The molecule has 2 heterocycles. The van der Waals surface area contributed by atoms with Gasteiger partial charge in [0.2, 0.25) is 0 Å². The summed E-state index contributed by atoms with van der Waals surface area (Å²) < 4.78 is 5.65. The Morgan fingerprint density at radius 2 is 2.00 bits per heavy atom. The van der Waals surface area contributed by atoms with Crippen molar-refractivity contribution in [1.29, 1.82) is 0 Å². The van der Waals surface area contributed by atoms with Gasteiger partial charge in [-0.15, -0.1) is 0 Å². The second kappa shape index (κ2) is 6.13. The van der Waals surface area contributed by atoms with Crippen LogP contribution in [0.4, 0.5) is 5.82 Å². The topological polar surface area (TPSA) is 59.9 Å². The monoisotopic (exact) mass is 258 g/mol. The van der Waals surface area contributed by atoms with Crippen molar-refractivity contribution in [2.75, 3.05) is 11.9 Å². The summed E-state index contributed by atoms with van der Waals surface area (Å²) >= 11 is 0. The van der Waals surface area contributed by atoms with E-state index in [9.17, 15) is 0 Å². The molecule has 0 amide bonds. The highest BCUT2D eigenvalue weighted by Crippen LogP contribution is 2.25. The van der Waals surface area contributed by atoms with Gasteiger partial charge in [0, 0.05) is 30.7 Å². The molecule has 0 aliphatic heterocycles. The van der Waals surface area contributed by atoms with Crippen molar-refractivity contribution in [3.63, 3.8) is 0 Å². The quantitative estimate of drug-likeness (QED) is 0.893. The van der Waals surface area contributed by atoms with Crippen LogP contribution in [0.25, 0.3) is 11.3 Å². The third kappa shape index (κ3) is 3.40. The molecule has 100 valence electrons. The average molecular weight is 258 g/mol. The second-order valence-electron chi connectivity index (χ2n) is 4.36. The molecule has 5 nitrogen and oxygen atoms in total. The van der Waals surface area contributed by atoms with E-state index in [4.69, 9.17) is 4.74 Å². The van der Waals surface area contributed by atoms with Gasteiger partial charge in [-0.2, -0.15) is 0 Å². The first-order valence-corrected chi connectivity index (χ1v) is 6.37. The Kier molecular flexibility index (Phi) is 4.28. The molecular formula is C14H18N4O. The number of ether oxygens (including phenoxy) is 1. The van der Waals surface area contributed by atoms with Crippen LogP contribution in [0, 0.1) is 0 Å². The molecule has 0 aliphatic carbocycles. The highest BCUT2D eigenvalue weighted by atomic mass is 16.5. The van der Waals surface area contributed by atoms with Crippen molar-refractivity contribution < 1.29 is 4.74 Å². The molecule has 2 aromatic heterocycles. The van der Waals surface area contributed by atoms with Gasteiger partial charge in [-0.3, -0.25) is 9.97 Å². The van der Waals surface area contributed by atoms with Crippen LogP contribution >= 0.6 is 0 Å². The number of nitrogens with one attached hydrogen (secondary N) is 1. The van der Waals surface area contributed by atoms with Crippen molar-refractivity contribution >= 4 is 5.82 Å². The van der Waals surface area contributed by atoms with Gasteiger partial charge in [0.1, 0.15) is 11.4 Å². The van der Waals surface area contributed by atoms with Crippen molar-refractivity contribution in [2.45, 2.75) is 26.9 Å². The van der Waals surface area contributed by atoms with Gasteiger partial charge in [-0.25, -0.2) is 4.98 Å². The van der Waals surface area contributed by atoms with Gasteiger partial charge in [0.15, 0.2) is 5.82 Å². The summed E-state index contributed by atoms with van der Waals surface area (Å²) in [5.41, 5.74) is 1.67. The van der Waals surface area contributed by atoms with Crippen LogP contribution in [0.3, 0.4) is 0 Å². The lowest BCUT2D eigenvalue weighted by atomic mass is 10.2. The molecule has 0 fully saturated rings. The molecule has 0 saturated carbocycles. The molecule has 0 spiro atoms. The van der Waals surface area contributed by atoms with E-state index in [0.29, 0.717) is 0 Å². The average Bonchev–Trinajstić information content (AvgIpc) is 2.39. The van der Waals surface area contributed by atoms with E-state index in [0.717, 1.165) is 29.4 Å². The van der Waals surface area contributed by atoms with Crippen LogP contribution in [0.5, 0.6) is 5.75 Å². The standard InChI is InChI=1S/C14H18N4O/c1-4-16-14-13(17-5-6-18-14)11-7-12(9-15-8-11)19-10(2)3/h5-10H,4H2,1-3H3,(H,16,18). The Balaban J connectivity index is 2.36. The third-order valence-electron chi connectivity index (χ3n) is 2.40. The van der Waals surface area contributed by atoms with Crippen LogP contribution in [0.15, 0.2) is 30.9 Å². The van der Waals surface area contributed by atoms with Crippen LogP contribution in [0.2, 0.25) is 0 Å². The zero-order chi connectivity index (χ0) is 13.7. The fourth-order valence-electron chi connectivity index (χ4n) is 1.73. The number of pyridine rings is 1. The van der Waals surface area contributed by atoms with Gasteiger partial charge < -0.3 is 10.1 Å². The highest BCUT2D eigenvalue weighted by molar-refractivity contribution is 5.71. The lowest BCUT2D eigenvalue weighted by molar-refractivity contribution is 0.241. The smallest absolute Gasteiger partial charge is 0.152 e. The summed E-state index contributed by atoms with van der Waals surface area (Å²) in [6, 6.07) is 1.93. The molecule has 0 atom stereocenters. The maximum absolute atomic E-state index is 5.65. The molecule has 1 N–H and O–H groups in total. The van der Waals surface area contributed by atoms with Crippen molar-refractivity contribution in [3.05, 3.63) is 30.9 Å². The van der Waals surface area contributed by atoms with E-state index in [-0.39, 0.29) is 6.10 Å². The zero-order valence-electron chi connectivity index (χ0n) is 11.4. The summed E-state index contributed by atoms with van der Waals surface area (Å²) in [7, 11) is 0. The van der Waals surface area contributed by atoms with Gasteiger partial charge in [0.25, 0.3) is 0 Å². The number of rotatable bonds is 5. The minimum Gasteiger partial charge on any atom is -0.489 e. The zero-order valence-corrected chi connectivity index (χ0v) is 11.4. The maximum Gasteiger partial charge on any atom is 0.152 e. The summed E-state index contributed by atoms with van der Waals surface area (Å²) in [5.74, 6) is 1.49. The predicted octanol–water partition coefficient (Wildman–Crippen LogP) is 2.76. The fourth-order valence-corrected chi connectivity index (χ4v) is 1.73. The molecule has 19 heavy (non-hydrogen) atoms. The normalized spacial score (nSPS) is 10.5. The van der Waals surface area contributed by atoms with Crippen LogP contribution in [0.1, 0.15) is 20.8 Å². The first-order chi connectivity index (χ1) is 9.20. The largest absolute Gasteiger partial charge is 0.489 e. The maximum atomic E-state index is 5.65. The molecule has 0 radical (unpaired) electrons. The van der Waals surface area contributed by atoms with Gasteiger partial charge in [0.05, 0.1) is 12.3 Å². The minimum atomic E-state index is 0.118. The first kappa shape index (κ1) is 13.3. The summed E-state index contributed by atoms with van der Waals surface area (Å²) in [5, 5.41) is 3.19. The second-order valence-corrected chi connectivity index (χ2v) is 4.36. The number of nitrogens with zero attached hydrogens (tertiary/aromatic N) is 3. The van der Waals surface area contributed by atoms with Crippen LogP contribution in [-0.4, -0.2) is 27.6 Å². The lowest BCUT2D eigenvalue weighted by Gasteiger charge is -2.11. The molecule has 2 rings (SSSR count). The summed E-state index contributed by atoms with van der Waals surface area (Å²) in [4.78, 5) is 12.9. The molecular weight excluding hydrogens is 240 g/mol. The first-order valence-electron chi connectivity index (χ1n) is 6.37. The number of hydrogen-bond acceptors (Lipinski definition) is 5. The Labute approximate surface area is 113 Å². The van der Waals surface area contributed by atoms with Crippen LogP contribution < -0.4 is 10.1 Å². The van der Waals surface area contributed by atoms with E-state index in [2.05, 4.69) is 20.3 Å².